The van der Waals surface area contributed by atoms with Gasteiger partial charge in [0.15, 0.2) is 0 Å². The molecule has 1 aliphatic rings. The van der Waals surface area contributed by atoms with Crippen LogP contribution in [0.3, 0.4) is 0 Å². The van der Waals surface area contributed by atoms with Gasteiger partial charge in [0.2, 0.25) is 0 Å². The smallest absolute Gasteiger partial charge is 0.426 e. The Morgan fingerprint density at radius 2 is 2.26 bits per heavy atom. The SMILES string of the molecule is CCOC(=O)NN(C)C(=O)NCCN1CCNC1=O. The zero-order valence-corrected chi connectivity index (χ0v) is 11.1. The topological polar surface area (TPSA) is 103 Å². The van der Waals surface area contributed by atoms with E-state index in [2.05, 4.69) is 20.8 Å². The standard InChI is InChI=1S/C10H19N5O4/c1-3-19-10(18)13-14(2)8(16)11-4-6-15-7-5-12-9(15)17/h3-7H2,1-2H3,(H,11,16)(H,12,17)(H,13,18). The summed E-state index contributed by atoms with van der Waals surface area (Å²) in [5.74, 6) is 0. The highest BCUT2D eigenvalue weighted by atomic mass is 16.6. The Bertz CT molecular complexity index is 349. The van der Waals surface area contributed by atoms with Gasteiger partial charge >= 0.3 is 18.2 Å². The van der Waals surface area contributed by atoms with Gasteiger partial charge in [-0.1, -0.05) is 0 Å². The van der Waals surface area contributed by atoms with Crippen molar-refractivity contribution in [2.24, 2.45) is 0 Å². The average Bonchev–Trinajstić information content (AvgIpc) is 2.75. The first-order valence-corrected chi connectivity index (χ1v) is 6.02. The van der Waals surface area contributed by atoms with E-state index in [1.807, 2.05) is 0 Å². The zero-order chi connectivity index (χ0) is 14.3. The van der Waals surface area contributed by atoms with Crippen LogP contribution in [0.15, 0.2) is 0 Å². The van der Waals surface area contributed by atoms with Gasteiger partial charge < -0.3 is 20.3 Å². The van der Waals surface area contributed by atoms with Crippen LogP contribution in [-0.4, -0.2) is 67.9 Å². The molecule has 0 aromatic heterocycles. The van der Waals surface area contributed by atoms with Crippen LogP contribution in [0.4, 0.5) is 14.4 Å². The fraction of sp³-hybridized carbons (Fsp3) is 0.700. The molecule has 108 valence electrons. The molecule has 1 aliphatic heterocycles. The number of nitrogens with zero attached hydrogens (tertiary/aromatic N) is 2. The lowest BCUT2D eigenvalue weighted by atomic mass is 10.5. The molecule has 5 amide bonds. The van der Waals surface area contributed by atoms with Crippen LogP contribution in [0.2, 0.25) is 0 Å². The minimum atomic E-state index is -0.695. The third kappa shape index (κ3) is 4.90. The number of carbonyl (C=O) groups excluding carboxylic acids is 3. The molecule has 0 unspecified atom stereocenters. The van der Waals surface area contributed by atoms with Gasteiger partial charge in [0, 0.05) is 33.2 Å². The Morgan fingerprint density at radius 1 is 1.53 bits per heavy atom. The fourth-order valence-electron chi connectivity index (χ4n) is 1.49. The molecule has 1 rings (SSSR count). The van der Waals surface area contributed by atoms with E-state index in [-0.39, 0.29) is 12.6 Å². The van der Waals surface area contributed by atoms with Gasteiger partial charge in [-0.3, -0.25) is 0 Å². The molecule has 1 saturated heterocycles. The molecule has 0 aromatic carbocycles. The lowest BCUT2D eigenvalue weighted by molar-refractivity contribution is 0.123. The third-order valence-corrected chi connectivity index (χ3v) is 2.44. The van der Waals surface area contributed by atoms with E-state index in [4.69, 9.17) is 0 Å². The highest BCUT2D eigenvalue weighted by Gasteiger charge is 2.19. The highest BCUT2D eigenvalue weighted by Crippen LogP contribution is 1.94. The summed E-state index contributed by atoms with van der Waals surface area (Å²) in [7, 11) is 1.40. The quantitative estimate of drug-likeness (QED) is 0.590. The first-order chi connectivity index (χ1) is 9.04. The zero-order valence-electron chi connectivity index (χ0n) is 11.1. The van der Waals surface area contributed by atoms with Crippen molar-refractivity contribution in [3.8, 4) is 0 Å². The number of carbonyl (C=O) groups is 3. The van der Waals surface area contributed by atoms with Crippen molar-refractivity contribution in [3.05, 3.63) is 0 Å². The largest absolute Gasteiger partial charge is 0.449 e. The molecule has 9 nitrogen and oxygen atoms in total. The number of rotatable bonds is 4. The molecule has 9 heteroatoms. The van der Waals surface area contributed by atoms with Gasteiger partial charge in [0.25, 0.3) is 0 Å². The Kier molecular flexibility index (Phi) is 5.71. The van der Waals surface area contributed by atoms with Crippen LogP contribution in [-0.2, 0) is 4.74 Å². The number of nitrogens with one attached hydrogen (secondary N) is 3. The summed E-state index contributed by atoms with van der Waals surface area (Å²) >= 11 is 0. The van der Waals surface area contributed by atoms with Crippen molar-refractivity contribution in [3.63, 3.8) is 0 Å². The molecular weight excluding hydrogens is 254 g/mol. The molecule has 0 radical (unpaired) electrons. The predicted octanol–water partition coefficient (Wildman–Crippen LogP) is -0.686. The van der Waals surface area contributed by atoms with E-state index in [1.54, 1.807) is 11.8 Å². The Labute approximate surface area is 111 Å². The monoisotopic (exact) mass is 273 g/mol. The van der Waals surface area contributed by atoms with Gasteiger partial charge in [0.05, 0.1) is 6.61 Å². The van der Waals surface area contributed by atoms with E-state index < -0.39 is 12.1 Å². The Balaban J connectivity index is 2.19. The molecule has 1 fully saturated rings. The summed E-state index contributed by atoms with van der Waals surface area (Å²) in [6.45, 7) is 3.88. The summed E-state index contributed by atoms with van der Waals surface area (Å²) < 4.78 is 4.63. The number of hydrazine groups is 1. The molecule has 3 N–H and O–H groups in total. The van der Waals surface area contributed by atoms with E-state index in [9.17, 15) is 14.4 Å². The molecule has 0 bridgehead atoms. The maximum Gasteiger partial charge on any atom is 0.426 e. The normalized spacial score (nSPS) is 13.8. The van der Waals surface area contributed by atoms with E-state index in [0.717, 1.165) is 5.01 Å². The van der Waals surface area contributed by atoms with Crippen LogP contribution in [0.25, 0.3) is 0 Å². The molecule has 0 saturated carbocycles. The van der Waals surface area contributed by atoms with E-state index in [1.165, 1.54) is 7.05 Å². The summed E-state index contributed by atoms with van der Waals surface area (Å²) in [5.41, 5.74) is 2.24. The highest BCUT2D eigenvalue weighted by molar-refractivity contribution is 5.78. The summed E-state index contributed by atoms with van der Waals surface area (Å²) in [6, 6.07) is -0.611. The first kappa shape index (κ1) is 14.9. The van der Waals surface area contributed by atoms with Crippen molar-refractivity contribution in [2.45, 2.75) is 6.92 Å². The van der Waals surface area contributed by atoms with Crippen LogP contribution >= 0.6 is 0 Å². The number of ether oxygens (including phenoxy) is 1. The lowest BCUT2D eigenvalue weighted by Gasteiger charge is -2.19. The Morgan fingerprint density at radius 3 is 2.84 bits per heavy atom. The molecular formula is C10H19N5O4. The second-order valence-electron chi connectivity index (χ2n) is 3.84. The van der Waals surface area contributed by atoms with Crippen LogP contribution in [0.5, 0.6) is 0 Å². The first-order valence-electron chi connectivity index (χ1n) is 6.02. The maximum atomic E-state index is 11.6. The maximum absolute atomic E-state index is 11.6. The van der Waals surface area contributed by atoms with E-state index in [0.29, 0.717) is 26.2 Å². The Hall–Kier alpha value is -2.19. The number of amides is 5. The van der Waals surface area contributed by atoms with Crippen molar-refractivity contribution in [1.82, 2.24) is 26.0 Å². The average molecular weight is 273 g/mol. The van der Waals surface area contributed by atoms with Gasteiger partial charge in [-0.15, -0.1) is 0 Å². The second kappa shape index (κ2) is 7.29. The van der Waals surface area contributed by atoms with Crippen LogP contribution in [0.1, 0.15) is 6.92 Å². The number of hydrogen-bond donors (Lipinski definition) is 3. The van der Waals surface area contributed by atoms with Gasteiger partial charge in [-0.2, -0.15) is 0 Å². The van der Waals surface area contributed by atoms with Crippen molar-refractivity contribution >= 4 is 18.2 Å². The summed E-state index contributed by atoms with van der Waals surface area (Å²) in [4.78, 5) is 35.4. The minimum absolute atomic E-state index is 0.132. The molecule has 0 aliphatic carbocycles. The van der Waals surface area contributed by atoms with Gasteiger partial charge in [-0.05, 0) is 6.92 Å². The molecule has 0 atom stereocenters. The van der Waals surface area contributed by atoms with Crippen molar-refractivity contribution < 1.29 is 19.1 Å². The van der Waals surface area contributed by atoms with Crippen LogP contribution < -0.4 is 16.1 Å². The summed E-state index contributed by atoms with van der Waals surface area (Å²) in [6.07, 6.45) is -0.695. The van der Waals surface area contributed by atoms with E-state index >= 15 is 0 Å². The molecule has 0 spiro atoms. The minimum Gasteiger partial charge on any atom is -0.449 e. The predicted molar refractivity (Wildman–Crippen MR) is 66.3 cm³/mol. The third-order valence-electron chi connectivity index (χ3n) is 2.44. The van der Waals surface area contributed by atoms with Crippen molar-refractivity contribution in [2.75, 3.05) is 39.8 Å². The molecule has 1 heterocycles. The second-order valence-corrected chi connectivity index (χ2v) is 3.84. The molecule has 0 aromatic rings. The molecule has 19 heavy (non-hydrogen) atoms. The number of hydrogen-bond acceptors (Lipinski definition) is 4. The van der Waals surface area contributed by atoms with Gasteiger partial charge in [0.1, 0.15) is 0 Å². The van der Waals surface area contributed by atoms with Crippen LogP contribution in [0, 0.1) is 0 Å². The summed E-state index contributed by atoms with van der Waals surface area (Å²) in [5, 5.41) is 6.22. The lowest BCUT2D eigenvalue weighted by Crippen LogP contribution is -2.49. The fourth-order valence-corrected chi connectivity index (χ4v) is 1.49. The van der Waals surface area contributed by atoms with Crippen molar-refractivity contribution in [1.29, 1.82) is 0 Å². The number of urea groups is 2. The van der Waals surface area contributed by atoms with Gasteiger partial charge in [-0.25, -0.2) is 24.8 Å².